The lowest BCUT2D eigenvalue weighted by Crippen LogP contribution is -2.54. The third-order valence-electron chi connectivity index (χ3n) is 2.72. The fourth-order valence-electron chi connectivity index (χ4n) is 1.82. The van der Waals surface area contributed by atoms with Gasteiger partial charge in [0.05, 0.1) is 6.04 Å². The van der Waals surface area contributed by atoms with E-state index in [1.54, 1.807) is 20.8 Å². The molecule has 0 aromatic heterocycles. The summed E-state index contributed by atoms with van der Waals surface area (Å²) in [6, 6.07) is -0.669. The van der Waals surface area contributed by atoms with Crippen LogP contribution in [0.3, 0.4) is 0 Å². The predicted molar refractivity (Wildman–Crippen MR) is 86.6 cm³/mol. The zero-order valence-electron chi connectivity index (χ0n) is 14.9. The average molecular weight is 316 g/mol. The molecule has 2 amide bonds. The number of aliphatic hydroxyl groups excluding tert-OH is 1. The molecule has 6 heteroatoms. The fraction of sp³-hybridized carbons (Fsp3) is 0.875. The van der Waals surface area contributed by atoms with Crippen LogP contribution in [-0.2, 0) is 9.53 Å². The van der Waals surface area contributed by atoms with Gasteiger partial charge in [0.1, 0.15) is 5.60 Å². The molecule has 2 atom stereocenters. The minimum Gasteiger partial charge on any atom is -0.444 e. The monoisotopic (exact) mass is 316 g/mol. The molecule has 1 unspecified atom stereocenters. The summed E-state index contributed by atoms with van der Waals surface area (Å²) in [4.78, 5) is 23.9. The van der Waals surface area contributed by atoms with Gasteiger partial charge in [-0.2, -0.15) is 0 Å². The van der Waals surface area contributed by atoms with Crippen LogP contribution in [0.15, 0.2) is 0 Å². The summed E-state index contributed by atoms with van der Waals surface area (Å²) in [6.07, 6.45) is 0.268. The molecule has 0 rings (SSSR count). The van der Waals surface area contributed by atoms with Crippen molar-refractivity contribution in [2.45, 2.75) is 91.0 Å². The Morgan fingerprint density at radius 3 is 2.09 bits per heavy atom. The highest BCUT2D eigenvalue weighted by atomic mass is 16.6. The highest BCUT2D eigenvalue weighted by Crippen LogP contribution is 2.11. The number of alkyl carbamates (subject to hydrolysis) is 1. The second kappa shape index (κ2) is 8.36. The van der Waals surface area contributed by atoms with E-state index in [0.717, 1.165) is 12.8 Å². The van der Waals surface area contributed by atoms with Crippen molar-refractivity contribution in [3.8, 4) is 0 Å². The van der Waals surface area contributed by atoms with E-state index in [9.17, 15) is 14.7 Å². The van der Waals surface area contributed by atoms with Crippen LogP contribution in [0.25, 0.3) is 0 Å². The lowest BCUT2D eigenvalue weighted by Gasteiger charge is -2.28. The average Bonchev–Trinajstić information content (AvgIpc) is 2.29. The molecular formula is C16H32N2O4. The van der Waals surface area contributed by atoms with Gasteiger partial charge in [-0.05, 0) is 48.0 Å². The number of hydrogen-bond donors (Lipinski definition) is 3. The summed E-state index contributed by atoms with van der Waals surface area (Å²) < 4.78 is 5.19. The summed E-state index contributed by atoms with van der Waals surface area (Å²) >= 11 is 0. The Morgan fingerprint density at radius 2 is 1.68 bits per heavy atom. The van der Waals surface area contributed by atoms with E-state index in [0.29, 0.717) is 6.42 Å². The Balaban J connectivity index is 4.81. The van der Waals surface area contributed by atoms with E-state index in [2.05, 4.69) is 10.6 Å². The Labute approximate surface area is 134 Å². The maximum absolute atomic E-state index is 12.1. The minimum atomic E-state index is -1.31. The number of nitrogens with one attached hydrogen (secondary N) is 2. The smallest absolute Gasteiger partial charge is 0.407 e. The van der Waals surface area contributed by atoms with E-state index in [1.807, 2.05) is 27.7 Å². The molecule has 0 aromatic rings. The number of carbonyl (C=O) groups excluding carboxylic acids is 2. The molecule has 0 aliphatic carbocycles. The predicted octanol–water partition coefficient (Wildman–Crippen LogP) is 2.35. The molecule has 0 bridgehead atoms. The van der Waals surface area contributed by atoms with Gasteiger partial charge in [-0.3, -0.25) is 4.79 Å². The van der Waals surface area contributed by atoms with Gasteiger partial charge >= 0.3 is 6.09 Å². The molecule has 0 aromatic carbocycles. The van der Waals surface area contributed by atoms with Gasteiger partial charge in [0.2, 0.25) is 0 Å². The van der Waals surface area contributed by atoms with Crippen molar-refractivity contribution in [2.24, 2.45) is 0 Å². The summed E-state index contributed by atoms with van der Waals surface area (Å²) in [5.74, 6) is -0.496. The van der Waals surface area contributed by atoms with Gasteiger partial charge in [0.15, 0.2) is 6.10 Å². The standard InChI is InChI=1S/C16H32N2O4/c1-8-9-10-11(17-14(21)22-16(5,6)7)12(19)13(20)18-15(2,3)4/h11-12,19H,8-10H2,1-7H3,(H,17,21)(H,18,20)/t11-,12?/m0/s1. The molecule has 22 heavy (non-hydrogen) atoms. The number of carbonyl (C=O) groups is 2. The van der Waals surface area contributed by atoms with Crippen LogP contribution >= 0.6 is 0 Å². The van der Waals surface area contributed by atoms with Gasteiger partial charge in [0.25, 0.3) is 5.91 Å². The first-order valence-electron chi connectivity index (χ1n) is 7.85. The minimum absolute atomic E-state index is 0.445. The van der Waals surface area contributed by atoms with Crippen molar-refractivity contribution >= 4 is 12.0 Å². The largest absolute Gasteiger partial charge is 0.444 e. The summed E-state index contributed by atoms with van der Waals surface area (Å²) in [5.41, 5.74) is -1.07. The molecule has 0 radical (unpaired) electrons. The van der Waals surface area contributed by atoms with Crippen LogP contribution in [0.5, 0.6) is 0 Å². The number of rotatable bonds is 6. The van der Waals surface area contributed by atoms with Crippen LogP contribution in [0.1, 0.15) is 67.7 Å². The van der Waals surface area contributed by atoms with Crippen LogP contribution in [-0.4, -0.2) is 40.4 Å². The summed E-state index contributed by atoms with van der Waals surface area (Å²) in [5, 5.41) is 15.6. The van der Waals surface area contributed by atoms with Gasteiger partial charge in [0, 0.05) is 5.54 Å². The number of aliphatic hydroxyl groups is 1. The van der Waals surface area contributed by atoms with Crippen molar-refractivity contribution in [1.29, 1.82) is 0 Å². The summed E-state index contributed by atoms with van der Waals surface area (Å²) in [7, 11) is 0. The van der Waals surface area contributed by atoms with Crippen LogP contribution in [0.2, 0.25) is 0 Å². The van der Waals surface area contributed by atoms with Crippen LogP contribution < -0.4 is 10.6 Å². The lowest BCUT2D eigenvalue weighted by molar-refractivity contribution is -0.132. The SMILES string of the molecule is CCCC[C@H](NC(=O)OC(C)(C)C)C(O)C(=O)NC(C)(C)C. The van der Waals surface area contributed by atoms with E-state index in [-0.39, 0.29) is 0 Å². The molecule has 0 aliphatic rings. The first-order valence-corrected chi connectivity index (χ1v) is 7.85. The zero-order chi connectivity index (χ0) is 17.6. The highest BCUT2D eigenvalue weighted by Gasteiger charge is 2.30. The van der Waals surface area contributed by atoms with Gasteiger partial charge in [-0.25, -0.2) is 4.79 Å². The van der Waals surface area contributed by atoms with Crippen molar-refractivity contribution in [1.82, 2.24) is 10.6 Å². The van der Waals surface area contributed by atoms with Gasteiger partial charge in [-0.15, -0.1) is 0 Å². The Kier molecular flexibility index (Phi) is 7.87. The Hall–Kier alpha value is -1.30. The number of unbranched alkanes of at least 4 members (excludes halogenated alkanes) is 1. The number of hydrogen-bond acceptors (Lipinski definition) is 4. The van der Waals surface area contributed by atoms with Crippen molar-refractivity contribution in [3.63, 3.8) is 0 Å². The van der Waals surface area contributed by atoms with Crippen LogP contribution in [0.4, 0.5) is 4.79 Å². The normalized spacial score (nSPS) is 14.9. The third-order valence-corrected chi connectivity index (χ3v) is 2.72. The molecule has 0 heterocycles. The molecular weight excluding hydrogens is 284 g/mol. The van der Waals surface area contributed by atoms with Gasteiger partial charge in [-0.1, -0.05) is 19.8 Å². The highest BCUT2D eigenvalue weighted by molar-refractivity contribution is 5.82. The quantitative estimate of drug-likeness (QED) is 0.702. The van der Waals surface area contributed by atoms with Crippen molar-refractivity contribution in [3.05, 3.63) is 0 Å². The zero-order valence-corrected chi connectivity index (χ0v) is 14.9. The number of ether oxygens (including phenoxy) is 1. The molecule has 0 saturated carbocycles. The molecule has 0 spiro atoms. The fourth-order valence-corrected chi connectivity index (χ4v) is 1.82. The molecule has 3 N–H and O–H groups in total. The first-order chi connectivity index (χ1) is 9.85. The van der Waals surface area contributed by atoms with Crippen LogP contribution in [0, 0.1) is 0 Å². The first kappa shape index (κ1) is 20.7. The maximum Gasteiger partial charge on any atom is 0.407 e. The summed E-state index contributed by atoms with van der Waals surface area (Å²) in [6.45, 7) is 12.8. The maximum atomic E-state index is 12.1. The second-order valence-corrected chi connectivity index (χ2v) is 7.58. The molecule has 0 fully saturated rings. The Morgan fingerprint density at radius 1 is 1.14 bits per heavy atom. The van der Waals surface area contributed by atoms with Crippen molar-refractivity contribution in [2.75, 3.05) is 0 Å². The topological polar surface area (TPSA) is 87.7 Å². The molecule has 6 nitrogen and oxygen atoms in total. The molecule has 130 valence electrons. The van der Waals surface area contributed by atoms with Crippen molar-refractivity contribution < 1.29 is 19.4 Å². The van der Waals surface area contributed by atoms with E-state index in [1.165, 1.54) is 0 Å². The Bertz CT molecular complexity index is 369. The molecule has 0 saturated heterocycles. The van der Waals surface area contributed by atoms with E-state index >= 15 is 0 Å². The van der Waals surface area contributed by atoms with E-state index < -0.39 is 35.3 Å². The lowest BCUT2D eigenvalue weighted by atomic mass is 10.0. The second-order valence-electron chi connectivity index (χ2n) is 7.58. The third kappa shape index (κ3) is 9.60. The molecule has 0 aliphatic heterocycles. The van der Waals surface area contributed by atoms with E-state index in [4.69, 9.17) is 4.74 Å². The van der Waals surface area contributed by atoms with Gasteiger partial charge < -0.3 is 20.5 Å². The number of amides is 2.